The lowest BCUT2D eigenvalue weighted by Crippen LogP contribution is -2.42. The van der Waals surface area contributed by atoms with Crippen LogP contribution in [-0.2, 0) is 0 Å². The molecule has 3 aromatic rings. The van der Waals surface area contributed by atoms with Crippen LogP contribution in [0.25, 0.3) is 0 Å². The smallest absolute Gasteiger partial charge is 0.259 e. The van der Waals surface area contributed by atoms with E-state index >= 15 is 0 Å². The van der Waals surface area contributed by atoms with E-state index in [1.165, 1.54) is 5.56 Å². The summed E-state index contributed by atoms with van der Waals surface area (Å²) in [5, 5.41) is 0. The van der Waals surface area contributed by atoms with Gasteiger partial charge in [-0.2, -0.15) is 0 Å². The monoisotopic (exact) mass is 349 g/mol. The molecule has 0 unspecified atom stereocenters. The zero-order valence-corrected chi connectivity index (χ0v) is 14.6. The third kappa shape index (κ3) is 2.98. The van der Waals surface area contributed by atoms with E-state index in [1.54, 1.807) is 0 Å². The van der Waals surface area contributed by atoms with Crippen molar-refractivity contribution in [2.75, 3.05) is 4.90 Å². The van der Waals surface area contributed by atoms with E-state index in [0.717, 1.165) is 22.5 Å². The molecule has 0 fully saturated rings. The maximum Gasteiger partial charge on any atom is 0.259 e. The van der Waals surface area contributed by atoms with Crippen LogP contribution in [-0.4, -0.2) is 12.5 Å². The highest BCUT2D eigenvalue weighted by Gasteiger charge is 2.38. The average Bonchev–Trinajstić information content (AvgIpc) is 2.68. The number of halogens is 2. The Morgan fingerprint density at radius 2 is 1.50 bits per heavy atom. The quantitative estimate of drug-likeness (QED) is 0.536. The molecule has 1 heterocycles. The van der Waals surface area contributed by atoms with Crippen LogP contribution in [0.2, 0.25) is 0 Å². The Hall–Kier alpha value is -2.68. The van der Waals surface area contributed by atoms with Crippen LogP contribution in [0, 0.1) is 6.92 Å². The first-order chi connectivity index (χ1) is 12.6. The van der Waals surface area contributed by atoms with Crippen LogP contribution in [0.1, 0.15) is 29.0 Å². The topological polar surface area (TPSA) is 3.24 Å². The fraction of sp³-hybridized carbons (Fsp3) is 0.217. The number of aryl methyl sites for hydroxylation is 1. The predicted octanol–water partition coefficient (Wildman–Crippen LogP) is 6.30. The van der Waals surface area contributed by atoms with Gasteiger partial charge in [0.05, 0.1) is 6.04 Å². The van der Waals surface area contributed by atoms with E-state index in [0.29, 0.717) is 6.42 Å². The largest absolute Gasteiger partial charge is 0.332 e. The summed E-state index contributed by atoms with van der Waals surface area (Å²) in [4.78, 5) is 1.81. The van der Waals surface area contributed by atoms with E-state index in [4.69, 9.17) is 0 Å². The van der Waals surface area contributed by atoms with Gasteiger partial charge in [-0.1, -0.05) is 66.2 Å². The van der Waals surface area contributed by atoms with Gasteiger partial charge < -0.3 is 4.90 Å². The molecule has 0 bridgehead atoms. The summed E-state index contributed by atoms with van der Waals surface area (Å²) in [6, 6.07) is 24.8. The van der Waals surface area contributed by atoms with Crippen molar-refractivity contribution >= 4 is 11.4 Å². The van der Waals surface area contributed by atoms with Crippen molar-refractivity contribution in [2.45, 2.75) is 31.7 Å². The van der Waals surface area contributed by atoms with Gasteiger partial charge >= 0.3 is 0 Å². The molecule has 0 amide bonds. The molecule has 3 heteroatoms. The van der Waals surface area contributed by atoms with Crippen molar-refractivity contribution in [3.05, 3.63) is 95.6 Å². The Labute approximate surface area is 152 Å². The van der Waals surface area contributed by atoms with Gasteiger partial charge in [-0.05, 0) is 42.7 Å². The molecule has 0 saturated heterocycles. The van der Waals surface area contributed by atoms with Crippen LogP contribution in [0.4, 0.5) is 20.2 Å². The third-order valence-corrected chi connectivity index (χ3v) is 5.19. The zero-order chi connectivity index (χ0) is 18.1. The molecule has 0 radical (unpaired) electrons. The van der Waals surface area contributed by atoms with E-state index in [1.807, 2.05) is 60.4 Å². The summed E-state index contributed by atoms with van der Waals surface area (Å²) >= 11 is 0. The molecule has 0 N–H and O–H groups in total. The number of benzene rings is 3. The number of anilines is 2. The van der Waals surface area contributed by atoms with E-state index < -0.39 is 12.5 Å². The number of para-hydroxylation sites is 2. The molecule has 0 aromatic heterocycles. The van der Waals surface area contributed by atoms with Gasteiger partial charge in [0.2, 0.25) is 0 Å². The standard InChI is InChI=1S/C23H21F2N/c1-16-11-13-17(14-12-16)20-15-22(23(24)25)26(18-7-3-2-4-8-18)21-10-6-5-9-19(20)21/h2-14,20,22-23H,15H2,1H3/t20-,22-/m1/s1. The molecule has 1 aliphatic rings. The van der Waals surface area contributed by atoms with Crippen molar-refractivity contribution in [1.82, 2.24) is 0 Å². The summed E-state index contributed by atoms with van der Waals surface area (Å²) in [7, 11) is 0. The van der Waals surface area contributed by atoms with E-state index in [-0.39, 0.29) is 5.92 Å². The SMILES string of the molecule is Cc1ccc([C@H]2C[C@H](C(F)F)N(c3ccccc3)c3ccccc32)cc1. The molecule has 0 spiro atoms. The fourth-order valence-electron chi connectivity index (χ4n) is 3.90. The Bertz CT molecular complexity index is 874. The number of hydrogen-bond donors (Lipinski definition) is 0. The lowest BCUT2D eigenvalue weighted by molar-refractivity contribution is 0.108. The highest BCUT2D eigenvalue weighted by atomic mass is 19.3. The second-order valence-corrected chi connectivity index (χ2v) is 6.87. The summed E-state index contributed by atoms with van der Waals surface area (Å²) in [6.07, 6.45) is -2.02. The number of hydrogen-bond acceptors (Lipinski definition) is 1. The number of fused-ring (bicyclic) bond motifs is 1. The Morgan fingerprint density at radius 1 is 0.846 bits per heavy atom. The maximum atomic E-state index is 14.1. The summed E-state index contributed by atoms with van der Waals surface area (Å²) in [6.45, 7) is 2.04. The highest BCUT2D eigenvalue weighted by Crippen LogP contribution is 2.46. The van der Waals surface area contributed by atoms with Gasteiger partial charge in [-0.15, -0.1) is 0 Å². The number of alkyl halides is 2. The van der Waals surface area contributed by atoms with Crippen molar-refractivity contribution in [3.63, 3.8) is 0 Å². The van der Waals surface area contributed by atoms with Crippen LogP contribution in [0.5, 0.6) is 0 Å². The summed E-state index contributed by atoms with van der Waals surface area (Å²) in [5.74, 6) is -0.0224. The maximum absolute atomic E-state index is 14.1. The molecular formula is C23H21F2N. The predicted molar refractivity (Wildman–Crippen MR) is 102 cm³/mol. The Kier molecular flexibility index (Phi) is 4.46. The first-order valence-corrected chi connectivity index (χ1v) is 8.93. The van der Waals surface area contributed by atoms with Crippen molar-refractivity contribution in [2.24, 2.45) is 0 Å². The normalized spacial score (nSPS) is 19.5. The first-order valence-electron chi connectivity index (χ1n) is 8.93. The first kappa shape index (κ1) is 16.8. The molecule has 0 aliphatic carbocycles. The minimum absolute atomic E-state index is 0.0224. The second kappa shape index (κ2) is 6.91. The Balaban J connectivity index is 1.86. The Morgan fingerprint density at radius 3 is 2.19 bits per heavy atom. The molecule has 2 atom stereocenters. The molecular weight excluding hydrogens is 328 g/mol. The number of rotatable bonds is 3. The second-order valence-electron chi connectivity index (χ2n) is 6.87. The van der Waals surface area contributed by atoms with Crippen molar-refractivity contribution in [3.8, 4) is 0 Å². The van der Waals surface area contributed by atoms with Crippen LogP contribution >= 0.6 is 0 Å². The lowest BCUT2D eigenvalue weighted by Gasteiger charge is -2.42. The van der Waals surface area contributed by atoms with Gasteiger partial charge in [0.1, 0.15) is 0 Å². The van der Waals surface area contributed by atoms with Gasteiger partial charge in [0.15, 0.2) is 0 Å². The lowest BCUT2D eigenvalue weighted by atomic mass is 9.80. The van der Waals surface area contributed by atoms with Gasteiger partial charge in [-0.25, -0.2) is 8.78 Å². The van der Waals surface area contributed by atoms with Crippen LogP contribution < -0.4 is 4.90 Å². The van der Waals surface area contributed by atoms with Gasteiger partial charge in [0.25, 0.3) is 6.43 Å². The summed E-state index contributed by atoms with van der Waals surface area (Å²) < 4.78 is 28.1. The van der Waals surface area contributed by atoms with E-state index in [2.05, 4.69) is 30.3 Å². The molecule has 26 heavy (non-hydrogen) atoms. The zero-order valence-electron chi connectivity index (χ0n) is 14.6. The van der Waals surface area contributed by atoms with Crippen LogP contribution in [0.15, 0.2) is 78.9 Å². The van der Waals surface area contributed by atoms with Gasteiger partial charge in [0, 0.05) is 17.3 Å². The molecule has 132 valence electrons. The minimum atomic E-state index is -2.42. The highest BCUT2D eigenvalue weighted by molar-refractivity contribution is 5.71. The van der Waals surface area contributed by atoms with Crippen molar-refractivity contribution in [1.29, 1.82) is 0 Å². The van der Waals surface area contributed by atoms with Crippen molar-refractivity contribution < 1.29 is 8.78 Å². The van der Waals surface area contributed by atoms with Crippen LogP contribution in [0.3, 0.4) is 0 Å². The summed E-state index contributed by atoms with van der Waals surface area (Å²) in [5.41, 5.74) is 5.07. The molecule has 1 nitrogen and oxygen atoms in total. The minimum Gasteiger partial charge on any atom is -0.332 e. The van der Waals surface area contributed by atoms with E-state index in [9.17, 15) is 8.78 Å². The third-order valence-electron chi connectivity index (χ3n) is 5.19. The molecule has 4 rings (SSSR count). The molecule has 3 aromatic carbocycles. The van der Waals surface area contributed by atoms with Gasteiger partial charge in [-0.3, -0.25) is 0 Å². The fourth-order valence-corrected chi connectivity index (χ4v) is 3.90. The molecule has 0 saturated carbocycles. The number of nitrogens with zero attached hydrogens (tertiary/aromatic N) is 1. The average molecular weight is 349 g/mol. The molecule has 1 aliphatic heterocycles.